The van der Waals surface area contributed by atoms with E-state index in [1.807, 2.05) is 19.1 Å². The summed E-state index contributed by atoms with van der Waals surface area (Å²) in [6, 6.07) is 14.2. The Bertz CT molecular complexity index is 779. The third-order valence-electron chi connectivity index (χ3n) is 3.94. The Kier molecular flexibility index (Phi) is 8.62. The van der Waals surface area contributed by atoms with E-state index in [0.29, 0.717) is 23.8 Å². The smallest absolute Gasteiger partial charge is 0.306 e. The summed E-state index contributed by atoms with van der Waals surface area (Å²) in [6.07, 6.45) is 0.665. The van der Waals surface area contributed by atoms with Crippen LogP contribution in [0.3, 0.4) is 0 Å². The van der Waals surface area contributed by atoms with Crippen molar-refractivity contribution in [2.75, 3.05) is 20.3 Å². The van der Waals surface area contributed by atoms with Crippen LogP contribution in [-0.4, -0.2) is 32.2 Å². The maximum Gasteiger partial charge on any atom is 0.306 e. The van der Waals surface area contributed by atoms with Crippen LogP contribution in [0.4, 0.5) is 0 Å². The predicted octanol–water partition coefficient (Wildman–Crippen LogP) is 3.93. The fourth-order valence-corrected chi connectivity index (χ4v) is 2.64. The molecule has 6 nitrogen and oxygen atoms in total. The van der Waals surface area contributed by atoms with Gasteiger partial charge >= 0.3 is 5.97 Å². The van der Waals surface area contributed by atoms with Crippen LogP contribution in [0.5, 0.6) is 11.5 Å². The number of benzene rings is 2. The number of ether oxygens (including phenoxy) is 3. The Hall–Kier alpha value is -2.73. The number of carbonyl (C=O) groups excluding carboxylic acids is 2. The molecule has 2 aromatic carbocycles. The number of hydrogen-bond donors (Lipinski definition) is 1. The molecule has 1 N–H and O–H groups in total. The van der Waals surface area contributed by atoms with Gasteiger partial charge in [0, 0.05) is 11.4 Å². The summed E-state index contributed by atoms with van der Waals surface area (Å²) in [7, 11) is 1.60. The molecule has 28 heavy (non-hydrogen) atoms. The van der Waals surface area contributed by atoms with E-state index >= 15 is 0 Å². The van der Waals surface area contributed by atoms with Gasteiger partial charge in [-0.05, 0) is 55.3 Å². The van der Waals surface area contributed by atoms with Crippen molar-refractivity contribution in [3.63, 3.8) is 0 Å². The van der Waals surface area contributed by atoms with Gasteiger partial charge in [-0.3, -0.25) is 9.59 Å². The lowest BCUT2D eigenvalue weighted by molar-refractivity contribution is -0.148. The van der Waals surface area contributed by atoms with E-state index in [1.165, 1.54) is 0 Å². The summed E-state index contributed by atoms with van der Waals surface area (Å²) < 4.78 is 15.6. The standard InChI is InChI=1S/C21H24ClNO5/c1-15(16-5-3-6-17(22)13-16)23-20(24)14-28-21(25)7-4-12-27-19-10-8-18(26-2)9-11-19/h3,5-6,8-11,13,15H,4,7,12,14H2,1-2H3,(H,23,24)/t15-/m1/s1. The van der Waals surface area contributed by atoms with Crippen LogP contribution in [0.2, 0.25) is 5.02 Å². The molecule has 0 saturated heterocycles. The number of halogens is 1. The van der Waals surface area contributed by atoms with Gasteiger partial charge in [-0.15, -0.1) is 0 Å². The van der Waals surface area contributed by atoms with Gasteiger partial charge in [0.2, 0.25) is 0 Å². The molecule has 1 amide bonds. The number of esters is 1. The zero-order valence-electron chi connectivity index (χ0n) is 15.9. The molecule has 0 unspecified atom stereocenters. The molecule has 2 aromatic rings. The van der Waals surface area contributed by atoms with Gasteiger partial charge in [0.05, 0.1) is 19.8 Å². The molecule has 0 radical (unpaired) electrons. The number of rotatable bonds is 10. The first-order chi connectivity index (χ1) is 13.5. The van der Waals surface area contributed by atoms with Gasteiger partial charge in [-0.1, -0.05) is 23.7 Å². The normalized spacial score (nSPS) is 11.4. The Morgan fingerprint density at radius 2 is 1.82 bits per heavy atom. The van der Waals surface area contributed by atoms with Crippen LogP contribution in [0.1, 0.15) is 31.4 Å². The molecule has 1 atom stereocenters. The van der Waals surface area contributed by atoms with E-state index in [-0.39, 0.29) is 25.0 Å². The minimum Gasteiger partial charge on any atom is -0.497 e. The van der Waals surface area contributed by atoms with E-state index in [0.717, 1.165) is 11.3 Å². The predicted molar refractivity (Wildman–Crippen MR) is 107 cm³/mol. The van der Waals surface area contributed by atoms with Crippen LogP contribution in [0.15, 0.2) is 48.5 Å². The van der Waals surface area contributed by atoms with Gasteiger partial charge in [0.1, 0.15) is 11.5 Å². The fourth-order valence-electron chi connectivity index (χ4n) is 2.44. The molecule has 0 bridgehead atoms. The number of amides is 1. The monoisotopic (exact) mass is 405 g/mol. The molecular weight excluding hydrogens is 382 g/mol. The van der Waals surface area contributed by atoms with E-state index in [9.17, 15) is 9.59 Å². The Morgan fingerprint density at radius 1 is 1.11 bits per heavy atom. The van der Waals surface area contributed by atoms with Gasteiger partial charge in [-0.2, -0.15) is 0 Å². The average Bonchev–Trinajstić information content (AvgIpc) is 2.70. The second-order valence-corrected chi connectivity index (χ2v) is 6.57. The van der Waals surface area contributed by atoms with Crippen LogP contribution in [0, 0.1) is 0 Å². The lowest BCUT2D eigenvalue weighted by Gasteiger charge is -2.14. The molecule has 0 aliphatic heterocycles. The van der Waals surface area contributed by atoms with Crippen molar-refractivity contribution in [1.82, 2.24) is 5.32 Å². The van der Waals surface area contributed by atoms with Crippen molar-refractivity contribution in [1.29, 1.82) is 0 Å². The minimum absolute atomic E-state index is 0.174. The molecule has 0 heterocycles. The highest BCUT2D eigenvalue weighted by molar-refractivity contribution is 6.30. The zero-order chi connectivity index (χ0) is 20.4. The average molecular weight is 406 g/mol. The summed E-state index contributed by atoms with van der Waals surface area (Å²) in [5.41, 5.74) is 0.878. The first kappa shape index (κ1) is 21.6. The van der Waals surface area contributed by atoms with E-state index < -0.39 is 5.97 Å². The van der Waals surface area contributed by atoms with Crippen LogP contribution < -0.4 is 14.8 Å². The van der Waals surface area contributed by atoms with Gasteiger partial charge < -0.3 is 19.5 Å². The van der Waals surface area contributed by atoms with E-state index in [2.05, 4.69) is 5.32 Å². The summed E-state index contributed by atoms with van der Waals surface area (Å²) >= 11 is 5.94. The van der Waals surface area contributed by atoms with Gasteiger partial charge in [0.25, 0.3) is 5.91 Å². The first-order valence-corrected chi connectivity index (χ1v) is 9.33. The summed E-state index contributed by atoms with van der Waals surface area (Å²) in [5.74, 6) is 0.640. The van der Waals surface area contributed by atoms with Crippen LogP contribution >= 0.6 is 11.6 Å². The van der Waals surface area contributed by atoms with Crippen molar-refractivity contribution < 1.29 is 23.8 Å². The number of nitrogens with one attached hydrogen (secondary N) is 1. The van der Waals surface area contributed by atoms with Crippen molar-refractivity contribution in [3.8, 4) is 11.5 Å². The third kappa shape index (κ3) is 7.48. The second-order valence-electron chi connectivity index (χ2n) is 6.13. The molecule has 0 aliphatic rings. The van der Waals surface area contributed by atoms with E-state index in [1.54, 1.807) is 43.5 Å². The Balaban J connectivity index is 1.61. The van der Waals surface area contributed by atoms with Crippen LogP contribution in [0.25, 0.3) is 0 Å². The SMILES string of the molecule is COc1ccc(OCCCC(=O)OCC(=O)N[C@H](C)c2cccc(Cl)c2)cc1. The maximum absolute atomic E-state index is 11.9. The quantitative estimate of drug-likeness (QED) is 0.479. The number of hydrogen-bond acceptors (Lipinski definition) is 5. The number of methoxy groups -OCH3 is 1. The zero-order valence-corrected chi connectivity index (χ0v) is 16.7. The first-order valence-electron chi connectivity index (χ1n) is 8.95. The van der Waals surface area contributed by atoms with Crippen molar-refractivity contribution >= 4 is 23.5 Å². The molecular formula is C21H24ClNO5. The lowest BCUT2D eigenvalue weighted by atomic mass is 10.1. The van der Waals surface area contributed by atoms with E-state index in [4.69, 9.17) is 25.8 Å². The summed E-state index contributed by atoms with van der Waals surface area (Å²) in [5, 5.41) is 3.37. The van der Waals surface area contributed by atoms with Crippen LogP contribution in [-0.2, 0) is 14.3 Å². The molecule has 7 heteroatoms. The molecule has 0 fully saturated rings. The molecule has 0 spiro atoms. The molecule has 0 aromatic heterocycles. The van der Waals surface area contributed by atoms with Crippen molar-refractivity contribution in [3.05, 3.63) is 59.1 Å². The Morgan fingerprint density at radius 3 is 2.50 bits per heavy atom. The van der Waals surface area contributed by atoms with Gasteiger partial charge in [0.15, 0.2) is 6.61 Å². The molecule has 0 aliphatic carbocycles. The molecule has 0 saturated carbocycles. The third-order valence-corrected chi connectivity index (χ3v) is 4.18. The minimum atomic E-state index is -0.441. The summed E-state index contributed by atoms with van der Waals surface area (Å²) in [6.45, 7) is 1.89. The highest BCUT2D eigenvalue weighted by atomic mass is 35.5. The van der Waals surface area contributed by atoms with Crippen molar-refractivity contribution in [2.24, 2.45) is 0 Å². The van der Waals surface area contributed by atoms with Crippen molar-refractivity contribution in [2.45, 2.75) is 25.8 Å². The molecule has 150 valence electrons. The number of carbonyl (C=O) groups is 2. The second kappa shape index (κ2) is 11.2. The maximum atomic E-state index is 11.9. The van der Waals surface area contributed by atoms with Gasteiger partial charge in [-0.25, -0.2) is 0 Å². The largest absolute Gasteiger partial charge is 0.497 e. The highest BCUT2D eigenvalue weighted by Gasteiger charge is 2.12. The molecule has 2 rings (SSSR count). The topological polar surface area (TPSA) is 73.9 Å². The lowest BCUT2D eigenvalue weighted by Crippen LogP contribution is -2.31. The fraction of sp³-hybridized carbons (Fsp3) is 0.333. The Labute approximate surface area is 169 Å². The highest BCUT2D eigenvalue weighted by Crippen LogP contribution is 2.18. The summed E-state index contributed by atoms with van der Waals surface area (Å²) in [4.78, 5) is 23.7.